The van der Waals surface area contributed by atoms with Crippen molar-refractivity contribution < 1.29 is 14.3 Å². The van der Waals surface area contributed by atoms with Crippen LogP contribution in [0.15, 0.2) is 24.3 Å². The minimum Gasteiger partial charge on any atom is -0.461 e. The highest BCUT2D eigenvalue weighted by Gasteiger charge is 2.24. The summed E-state index contributed by atoms with van der Waals surface area (Å²) in [6.07, 6.45) is 3.98. The van der Waals surface area contributed by atoms with Crippen LogP contribution in [0, 0.1) is 0 Å². The summed E-state index contributed by atoms with van der Waals surface area (Å²) >= 11 is 5.88. The molecule has 0 radical (unpaired) electrons. The van der Waals surface area contributed by atoms with Gasteiger partial charge in [-0.05, 0) is 37.5 Å². The van der Waals surface area contributed by atoms with Gasteiger partial charge < -0.3 is 14.8 Å². The third kappa shape index (κ3) is 4.69. The number of halogens is 1. The van der Waals surface area contributed by atoms with Gasteiger partial charge in [0.05, 0.1) is 6.10 Å². The van der Waals surface area contributed by atoms with E-state index >= 15 is 0 Å². The molecule has 1 fully saturated rings. The first-order valence-corrected chi connectivity index (χ1v) is 7.27. The number of methoxy groups -OCH3 is 1. The predicted molar refractivity (Wildman–Crippen MR) is 79.1 cm³/mol. The lowest BCUT2D eigenvalue weighted by Gasteiger charge is -2.27. The monoisotopic (exact) mass is 297 g/mol. The van der Waals surface area contributed by atoms with Gasteiger partial charge in [0.2, 0.25) is 0 Å². The molecule has 2 atom stereocenters. The maximum Gasteiger partial charge on any atom is 0.325 e. The lowest BCUT2D eigenvalue weighted by atomic mass is 9.95. The second-order valence-corrected chi connectivity index (χ2v) is 5.44. The van der Waals surface area contributed by atoms with Gasteiger partial charge in [0.15, 0.2) is 0 Å². The van der Waals surface area contributed by atoms with Gasteiger partial charge in [0.25, 0.3) is 0 Å². The molecular formula is C15H20ClNO3. The quantitative estimate of drug-likeness (QED) is 0.848. The maximum absolute atomic E-state index is 11.8. The van der Waals surface area contributed by atoms with E-state index in [1.54, 1.807) is 19.2 Å². The van der Waals surface area contributed by atoms with Crippen molar-refractivity contribution in [3.05, 3.63) is 29.3 Å². The van der Waals surface area contributed by atoms with Crippen molar-refractivity contribution in [3.8, 4) is 0 Å². The van der Waals surface area contributed by atoms with E-state index in [2.05, 4.69) is 5.32 Å². The van der Waals surface area contributed by atoms with Crippen LogP contribution < -0.4 is 5.32 Å². The lowest BCUT2D eigenvalue weighted by molar-refractivity contribution is -0.150. The summed E-state index contributed by atoms with van der Waals surface area (Å²) in [5.74, 6) is -0.244. The number of carbonyl (C=O) groups is 1. The van der Waals surface area contributed by atoms with Crippen LogP contribution in [0.3, 0.4) is 0 Å². The van der Waals surface area contributed by atoms with Gasteiger partial charge >= 0.3 is 5.97 Å². The Bertz CT molecular complexity index is 452. The molecule has 0 saturated heterocycles. The average Bonchev–Trinajstić information content (AvgIpc) is 2.45. The average molecular weight is 298 g/mol. The van der Waals surface area contributed by atoms with E-state index < -0.39 is 0 Å². The molecule has 0 bridgehead atoms. The Hall–Kier alpha value is -1.26. The molecule has 2 rings (SSSR count). The summed E-state index contributed by atoms with van der Waals surface area (Å²) < 4.78 is 10.8. The van der Waals surface area contributed by atoms with Crippen molar-refractivity contribution >= 4 is 23.3 Å². The molecule has 0 heterocycles. The molecule has 1 saturated carbocycles. The molecule has 1 aliphatic rings. The van der Waals surface area contributed by atoms with Crippen molar-refractivity contribution in [1.29, 1.82) is 0 Å². The van der Waals surface area contributed by atoms with Gasteiger partial charge in [-0.25, -0.2) is 0 Å². The fourth-order valence-electron chi connectivity index (χ4n) is 2.42. The van der Waals surface area contributed by atoms with Crippen molar-refractivity contribution in [3.63, 3.8) is 0 Å². The number of hydrogen-bond acceptors (Lipinski definition) is 4. The van der Waals surface area contributed by atoms with E-state index in [-0.39, 0.29) is 24.7 Å². The minimum absolute atomic E-state index is 0.0256. The second kappa shape index (κ2) is 7.50. The van der Waals surface area contributed by atoms with Crippen LogP contribution in [0.1, 0.15) is 25.7 Å². The molecule has 1 aromatic rings. The topological polar surface area (TPSA) is 47.6 Å². The number of nitrogens with one attached hydrogen (secondary N) is 1. The third-order valence-electron chi connectivity index (χ3n) is 3.47. The van der Waals surface area contributed by atoms with Crippen LogP contribution in [0.4, 0.5) is 5.69 Å². The highest BCUT2D eigenvalue weighted by Crippen LogP contribution is 2.23. The van der Waals surface area contributed by atoms with Crippen molar-refractivity contribution in [1.82, 2.24) is 0 Å². The smallest absolute Gasteiger partial charge is 0.325 e. The molecular weight excluding hydrogens is 278 g/mol. The van der Waals surface area contributed by atoms with Crippen molar-refractivity contribution in [2.45, 2.75) is 37.9 Å². The largest absolute Gasteiger partial charge is 0.461 e. The predicted octanol–water partition coefficient (Wildman–Crippen LogP) is 3.25. The van der Waals surface area contributed by atoms with Gasteiger partial charge in [-0.15, -0.1) is 0 Å². The lowest BCUT2D eigenvalue weighted by Crippen LogP contribution is -2.31. The van der Waals surface area contributed by atoms with Crippen LogP contribution >= 0.6 is 11.6 Å². The molecule has 0 amide bonds. The molecule has 5 heteroatoms. The number of benzene rings is 1. The van der Waals surface area contributed by atoms with E-state index in [1.807, 2.05) is 12.1 Å². The van der Waals surface area contributed by atoms with Crippen molar-refractivity contribution in [2.75, 3.05) is 19.0 Å². The van der Waals surface area contributed by atoms with Gasteiger partial charge in [0.1, 0.15) is 12.6 Å². The fraction of sp³-hybridized carbons (Fsp3) is 0.533. The molecule has 1 aliphatic carbocycles. The Morgan fingerprint density at radius 1 is 1.40 bits per heavy atom. The molecule has 0 aliphatic heterocycles. The first kappa shape index (κ1) is 15.1. The molecule has 20 heavy (non-hydrogen) atoms. The number of carbonyl (C=O) groups excluding carboxylic acids is 1. The van der Waals surface area contributed by atoms with Gasteiger partial charge in [-0.2, -0.15) is 0 Å². The second-order valence-electron chi connectivity index (χ2n) is 5.00. The summed E-state index contributed by atoms with van der Waals surface area (Å²) in [5.41, 5.74) is 0.813. The van der Waals surface area contributed by atoms with Gasteiger partial charge in [0, 0.05) is 24.2 Å². The normalized spacial score (nSPS) is 22.3. The molecule has 1 N–H and O–H groups in total. The van der Waals surface area contributed by atoms with Crippen molar-refractivity contribution in [2.24, 2.45) is 0 Å². The van der Waals surface area contributed by atoms with E-state index in [0.717, 1.165) is 31.4 Å². The molecule has 0 spiro atoms. The van der Waals surface area contributed by atoms with E-state index in [9.17, 15) is 4.79 Å². The van der Waals surface area contributed by atoms with Gasteiger partial charge in [-0.1, -0.05) is 17.7 Å². The number of rotatable bonds is 5. The zero-order chi connectivity index (χ0) is 14.4. The summed E-state index contributed by atoms with van der Waals surface area (Å²) in [4.78, 5) is 11.8. The first-order valence-electron chi connectivity index (χ1n) is 6.89. The zero-order valence-corrected chi connectivity index (χ0v) is 12.4. The Kier molecular flexibility index (Phi) is 5.68. The maximum atomic E-state index is 11.8. The van der Waals surface area contributed by atoms with E-state index in [1.165, 1.54) is 0 Å². The molecule has 0 aromatic heterocycles. The molecule has 110 valence electrons. The van der Waals surface area contributed by atoms with Crippen LogP contribution in [0.2, 0.25) is 5.02 Å². The SMILES string of the molecule is COC1CCCC(OC(=O)CNc2cccc(Cl)c2)C1. The van der Waals surface area contributed by atoms with Gasteiger partial charge in [-0.3, -0.25) is 4.79 Å². The first-order chi connectivity index (χ1) is 9.67. The third-order valence-corrected chi connectivity index (χ3v) is 3.71. The van der Waals surface area contributed by atoms with Crippen LogP contribution in [-0.2, 0) is 14.3 Å². The van der Waals surface area contributed by atoms with E-state index in [4.69, 9.17) is 21.1 Å². The summed E-state index contributed by atoms with van der Waals surface area (Å²) in [6.45, 7) is 0.147. The Labute approximate surface area is 124 Å². The highest BCUT2D eigenvalue weighted by molar-refractivity contribution is 6.30. The van der Waals surface area contributed by atoms with Crippen LogP contribution in [0.5, 0.6) is 0 Å². The van der Waals surface area contributed by atoms with Crippen LogP contribution in [-0.4, -0.2) is 31.8 Å². The molecule has 1 aromatic carbocycles. The van der Waals surface area contributed by atoms with Crippen LogP contribution in [0.25, 0.3) is 0 Å². The van der Waals surface area contributed by atoms with E-state index in [0.29, 0.717) is 5.02 Å². The standard InChI is InChI=1S/C15H20ClNO3/c1-19-13-6-3-7-14(9-13)20-15(18)10-17-12-5-2-4-11(16)8-12/h2,4-5,8,13-14,17H,3,6-7,9-10H2,1H3. The summed E-state index contributed by atoms with van der Waals surface area (Å²) in [6, 6.07) is 7.26. The zero-order valence-electron chi connectivity index (χ0n) is 11.6. The highest BCUT2D eigenvalue weighted by atomic mass is 35.5. The Balaban J connectivity index is 1.75. The number of anilines is 1. The Morgan fingerprint density at radius 3 is 2.95 bits per heavy atom. The molecule has 4 nitrogen and oxygen atoms in total. The number of hydrogen-bond donors (Lipinski definition) is 1. The summed E-state index contributed by atoms with van der Waals surface area (Å²) in [5, 5.41) is 3.65. The molecule has 2 unspecified atom stereocenters. The Morgan fingerprint density at radius 2 is 2.20 bits per heavy atom. The fourth-order valence-corrected chi connectivity index (χ4v) is 2.61. The summed E-state index contributed by atoms with van der Waals surface area (Å²) in [7, 11) is 1.70. The minimum atomic E-state index is -0.244. The number of ether oxygens (including phenoxy) is 2. The number of esters is 1.